The second-order valence-corrected chi connectivity index (χ2v) is 9.30. The lowest BCUT2D eigenvalue weighted by Gasteiger charge is -2.24. The highest BCUT2D eigenvalue weighted by Crippen LogP contribution is 2.34. The molecule has 0 spiro atoms. The van der Waals surface area contributed by atoms with Crippen LogP contribution in [-0.2, 0) is 14.2 Å². The van der Waals surface area contributed by atoms with E-state index in [0.717, 1.165) is 5.56 Å². The third-order valence-electron chi connectivity index (χ3n) is 5.81. The molecule has 7 nitrogen and oxygen atoms in total. The molecule has 1 aliphatic heterocycles. The van der Waals surface area contributed by atoms with Gasteiger partial charge >= 0.3 is 11.9 Å². The van der Waals surface area contributed by atoms with Gasteiger partial charge in [0.2, 0.25) is 0 Å². The number of aryl methyl sites for hydroxylation is 2. The van der Waals surface area contributed by atoms with Crippen molar-refractivity contribution < 1.29 is 34.0 Å². The Balaban J connectivity index is 1.84. The van der Waals surface area contributed by atoms with E-state index in [4.69, 9.17) is 14.2 Å². The summed E-state index contributed by atoms with van der Waals surface area (Å²) in [6.45, 7) is 7.27. The van der Waals surface area contributed by atoms with Crippen molar-refractivity contribution in [2.45, 2.75) is 64.6 Å². The second kappa shape index (κ2) is 12.1. The number of esters is 1. The number of hydrogen-bond acceptors (Lipinski definition) is 6. The first kappa shape index (κ1) is 27.3. The smallest absolute Gasteiger partial charge is 0.338 e. The lowest BCUT2D eigenvalue weighted by Crippen LogP contribution is -2.37. The Morgan fingerprint density at radius 1 is 1.11 bits per heavy atom. The molecule has 192 valence electrons. The highest BCUT2D eigenvalue weighted by molar-refractivity contribution is 5.94. The van der Waals surface area contributed by atoms with E-state index in [1.165, 1.54) is 0 Å². The molecule has 2 aromatic carbocycles. The molecular weight excluding hydrogens is 460 g/mol. The summed E-state index contributed by atoms with van der Waals surface area (Å²) < 4.78 is 18.1. The molecule has 1 fully saturated rings. The maximum atomic E-state index is 12.8. The Hall–Kier alpha value is -3.26. The fourth-order valence-corrected chi connectivity index (χ4v) is 4.36. The summed E-state index contributed by atoms with van der Waals surface area (Å²) in [5, 5.41) is 18.9. The van der Waals surface area contributed by atoms with Crippen LogP contribution in [0.1, 0.15) is 64.1 Å². The van der Waals surface area contributed by atoms with Gasteiger partial charge in [-0.3, -0.25) is 0 Å². The quantitative estimate of drug-likeness (QED) is 0.350. The number of aliphatic hydroxyl groups is 1. The van der Waals surface area contributed by atoms with Crippen LogP contribution in [0.2, 0.25) is 0 Å². The summed E-state index contributed by atoms with van der Waals surface area (Å²) in [6, 6.07) is 12.4. The molecule has 36 heavy (non-hydrogen) atoms. The van der Waals surface area contributed by atoms with E-state index >= 15 is 0 Å². The van der Waals surface area contributed by atoms with Crippen molar-refractivity contribution in [3.8, 4) is 0 Å². The summed E-state index contributed by atoms with van der Waals surface area (Å²) in [6.07, 6.45) is 6.11. The summed E-state index contributed by atoms with van der Waals surface area (Å²) in [5.41, 5.74) is 2.97. The Bertz CT molecular complexity index is 1120. The van der Waals surface area contributed by atoms with E-state index in [1.807, 2.05) is 31.2 Å². The number of benzene rings is 2. The standard InChI is InChI=1S/C29H34O7/c1-19-17-20(2)25(27(31)32)22(18-19)13-10-15-24-26(36-29(3,4)35-24)23(14-8-9-16-30)34-28(33)21-11-6-5-7-12-21/h5-8,10-14,17-18,23-24,26,30H,9,15-16H2,1-4H3,(H,31,32)/b13-10+,14-8-/t23?,24-,26+/m0/s1. The molecule has 1 aliphatic rings. The van der Waals surface area contributed by atoms with Crippen LogP contribution < -0.4 is 0 Å². The highest BCUT2D eigenvalue weighted by Gasteiger charge is 2.45. The zero-order chi connectivity index (χ0) is 26.3. The molecule has 0 radical (unpaired) electrons. The van der Waals surface area contributed by atoms with Gasteiger partial charge in [-0.05, 0) is 69.9 Å². The number of carbonyl (C=O) groups is 2. The van der Waals surface area contributed by atoms with E-state index < -0.39 is 36.0 Å². The lowest BCUT2D eigenvalue weighted by atomic mass is 9.97. The number of carboxylic acids is 1. The Kier molecular flexibility index (Phi) is 9.20. The number of aliphatic hydroxyl groups excluding tert-OH is 1. The Morgan fingerprint density at radius 2 is 1.83 bits per heavy atom. The van der Waals surface area contributed by atoms with Crippen molar-refractivity contribution >= 4 is 18.0 Å². The van der Waals surface area contributed by atoms with E-state index in [2.05, 4.69) is 0 Å². The SMILES string of the molecule is Cc1cc(C)c(C(=O)O)c(/C=C/C[C@@H]2OC(C)(C)O[C@@H]2C(/C=C\CCO)OC(=O)c2ccccc2)c1. The molecule has 3 rings (SSSR count). The summed E-state index contributed by atoms with van der Waals surface area (Å²) in [4.78, 5) is 24.6. The van der Waals surface area contributed by atoms with Crippen LogP contribution >= 0.6 is 0 Å². The van der Waals surface area contributed by atoms with Crippen LogP contribution in [0.4, 0.5) is 0 Å². The molecule has 2 aromatic rings. The first-order valence-corrected chi connectivity index (χ1v) is 12.0. The van der Waals surface area contributed by atoms with E-state index in [0.29, 0.717) is 29.5 Å². The van der Waals surface area contributed by atoms with Gasteiger partial charge in [-0.2, -0.15) is 0 Å². The topological polar surface area (TPSA) is 102 Å². The minimum Gasteiger partial charge on any atom is -0.478 e. The molecule has 2 N–H and O–H groups in total. The van der Waals surface area contributed by atoms with Gasteiger partial charge in [0.25, 0.3) is 0 Å². The molecule has 1 heterocycles. The van der Waals surface area contributed by atoms with Gasteiger partial charge < -0.3 is 24.4 Å². The van der Waals surface area contributed by atoms with Crippen LogP contribution in [0.3, 0.4) is 0 Å². The van der Waals surface area contributed by atoms with Crippen molar-refractivity contribution in [3.05, 3.63) is 88.5 Å². The van der Waals surface area contributed by atoms with Gasteiger partial charge in [0, 0.05) is 6.61 Å². The number of rotatable bonds is 10. The number of carboxylic acid groups (broad SMARTS) is 1. The highest BCUT2D eigenvalue weighted by atomic mass is 16.8. The fourth-order valence-electron chi connectivity index (χ4n) is 4.36. The molecular formula is C29H34O7. The molecule has 7 heteroatoms. The van der Waals surface area contributed by atoms with Gasteiger partial charge in [-0.15, -0.1) is 0 Å². The predicted octanol–water partition coefficient (Wildman–Crippen LogP) is 5.09. The van der Waals surface area contributed by atoms with Crippen LogP contribution in [0.25, 0.3) is 6.08 Å². The monoisotopic (exact) mass is 494 g/mol. The molecule has 1 saturated heterocycles. The Labute approximate surface area is 212 Å². The second-order valence-electron chi connectivity index (χ2n) is 9.30. The molecule has 1 unspecified atom stereocenters. The predicted molar refractivity (Wildman–Crippen MR) is 137 cm³/mol. The summed E-state index contributed by atoms with van der Waals surface area (Å²) in [7, 11) is 0. The maximum Gasteiger partial charge on any atom is 0.338 e. The van der Waals surface area contributed by atoms with Crippen LogP contribution in [0.5, 0.6) is 0 Å². The van der Waals surface area contributed by atoms with Crippen LogP contribution in [0, 0.1) is 13.8 Å². The minimum atomic E-state index is -0.978. The Morgan fingerprint density at radius 3 is 2.50 bits per heavy atom. The number of aromatic carboxylic acids is 1. The third kappa shape index (κ3) is 7.13. The van der Waals surface area contributed by atoms with E-state index in [1.54, 1.807) is 63.3 Å². The number of carbonyl (C=O) groups excluding carboxylic acids is 1. The normalized spacial score (nSPS) is 20.1. The first-order valence-electron chi connectivity index (χ1n) is 12.0. The van der Waals surface area contributed by atoms with E-state index in [-0.39, 0.29) is 12.2 Å². The van der Waals surface area contributed by atoms with E-state index in [9.17, 15) is 19.8 Å². The van der Waals surface area contributed by atoms with Crippen molar-refractivity contribution in [1.82, 2.24) is 0 Å². The third-order valence-corrected chi connectivity index (χ3v) is 5.81. The minimum absolute atomic E-state index is 0.0304. The van der Waals surface area contributed by atoms with Crippen molar-refractivity contribution in [2.24, 2.45) is 0 Å². The molecule has 0 bridgehead atoms. The average Bonchev–Trinajstić information content (AvgIpc) is 3.12. The largest absolute Gasteiger partial charge is 0.478 e. The van der Waals surface area contributed by atoms with Gasteiger partial charge in [0.15, 0.2) is 5.79 Å². The molecule has 3 atom stereocenters. The number of hydrogen-bond donors (Lipinski definition) is 2. The molecule has 0 aliphatic carbocycles. The molecule has 0 aromatic heterocycles. The van der Waals surface area contributed by atoms with Crippen molar-refractivity contribution in [3.63, 3.8) is 0 Å². The lowest BCUT2D eigenvalue weighted by molar-refractivity contribution is -0.152. The molecule has 0 amide bonds. The van der Waals surface area contributed by atoms with Crippen molar-refractivity contribution in [2.75, 3.05) is 6.61 Å². The maximum absolute atomic E-state index is 12.8. The first-order chi connectivity index (χ1) is 17.1. The summed E-state index contributed by atoms with van der Waals surface area (Å²) in [5.74, 6) is -2.37. The fraction of sp³-hybridized carbons (Fsp3) is 0.379. The van der Waals surface area contributed by atoms with Gasteiger partial charge in [0.05, 0.1) is 17.2 Å². The van der Waals surface area contributed by atoms with Gasteiger partial charge in [0.1, 0.15) is 12.2 Å². The number of ether oxygens (including phenoxy) is 3. The summed E-state index contributed by atoms with van der Waals surface area (Å²) >= 11 is 0. The molecule has 0 saturated carbocycles. The van der Waals surface area contributed by atoms with Gasteiger partial charge in [-0.25, -0.2) is 9.59 Å². The average molecular weight is 495 g/mol. The zero-order valence-corrected chi connectivity index (χ0v) is 21.1. The van der Waals surface area contributed by atoms with Gasteiger partial charge in [-0.1, -0.05) is 54.1 Å². The zero-order valence-electron chi connectivity index (χ0n) is 21.1. The van der Waals surface area contributed by atoms with Crippen LogP contribution in [-0.4, -0.2) is 52.9 Å². The van der Waals surface area contributed by atoms with Crippen molar-refractivity contribution in [1.29, 1.82) is 0 Å². The van der Waals surface area contributed by atoms with Crippen LogP contribution in [0.15, 0.2) is 60.7 Å².